The van der Waals surface area contributed by atoms with Gasteiger partial charge in [0.2, 0.25) is 0 Å². The lowest BCUT2D eigenvalue weighted by Gasteiger charge is -2.26. The highest BCUT2D eigenvalue weighted by atomic mass is 32.1. The Labute approximate surface area is 453 Å². The van der Waals surface area contributed by atoms with Crippen LogP contribution in [0.2, 0.25) is 0 Å². The van der Waals surface area contributed by atoms with Crippen LogP contribution in [0.5, 0.6) is 0 Å². The van der Waals surface area contributed by atoms with Crippen molar-refractivity contribution in [3.05, 3.63) is 242 Å². The van der Waals surface area contributed by atoms with Crippen LogP contribution in [0.25, 0.3) is 161 Å². The Balaban J connectivity index is 1.17. The van der Waals surface area contributed by atoms with Gasteiger partial charge in [0, 0.05) is 63.6 Å². The summed E-state index contributed by atoms with van der Waals surface area (Å²) in [5.41, 5.74) is 9.40. The smallest absolute Gasteiger partial charge is 0.102 e. The molecule has 4 heterocycles. The Morgan fingerprint density at radius 2 is 0.654 bits per heavy atom. The van der Waals surface area contributed by atoms with E-state index in [-0.39, 0.29) is 0 Å². The van der Waals surface area contributed by atoms with Gasteiger partial charge in [0.1, 0.15) is 12.1 Å². The molecule has 0 amide bonds. The van der Waals surface area contributed by atoms with Crippen LogP contribution in [0.15, 0.2) is 231 Å². The molecule has 0 N–H and O–H groups in total. The highest BCUT2D eigenvalue weighted by molar-refractivity contribution is 7.27. The number of nitrogens with zero attached hydrogens (tertiary/aromatic N) is 4. The molecule has 0 aliphatic heterocycles. The van der Waals surface area contributed by atoms with Crippen molar-refractivity contribution in [2.45, 2.75) is 0 Å². The fourth-order valence-electron chi connectivity index (χ4n) is 13.2. The largest absolute Gasteiger partial charge is 0.306 e. The molecule has 0 fully saturated rings. The number of hydrogen-bond donors (Lipinski definition) is 0. The van der Waals surface area contributed by atoms with Gasteiger partial charge in [-0.15, -0.1) is 22.7 Å². The lowest BCUT2D eigenvalue weighted by Crippen LogP contribution is -2.11. The maximum atomic E-state index is 12.5. The van der Waals surface area contributed by atoms with Crippen molar-refractivity contribution in [2.75, 3.05) is 0 Å². The van der Waals surface area contributed by atoms with Crippen LogP contribution in [0.3, 0.4) is 0 Å². The summed E-state index contributed by atoms with van der Waals surface area (Å²) >= 11 is 3.59. The lowest BCUT2D eigenvalue weighted by atomic mass is 9.85. The molecular weight excluding hydrogens is 985 g/mol. The molecule has 358 valence electrons. The summed E-state index contributed by atoms with van der Waals surface area (Å²) in [7, 11) is 0. The zero-order valence-corrected chi connectivity index (χ0v) is 43.2. The third-order valence-corrected chi connectivity index (χ3v) is 18.9. The molecule has 13 aromatic carbocycles. The van der Waals surface area contributed by atoms with E-state index in [1.54, 1.807) is 22.7 Å². The summed E-state index contributed by atoms with van der Waals surface area (Å²) in [4.78, 5) is 0. The second-order valence-electron chi connectivity index (χ2n) is 20.4. The number of rotatable bonds is 4. The normalized spacial score (nSPS) is 12.1. The van der Waals surface area contributed by atoms with E-state index in [1.165, 1.54) is 20.2 Å². The minimum atomic E-state index is 0.427. The van der Waals surface area contributed by atoms with Gasteiger partial charge in [-0.1, -0.05) is 194 Å². The number of benzene rings is 13. The van der Waals surface area contributed by atoms with Gasteiger partial charge >= 0.3 is 0 Å². The van der Waals surface area contributed by atoms with Gasteiger partial charge in [-0.25, -0.2) is 0 Å². The standard InChI is InChI=1S/C72H38N4S2/c73-39-59-65(45-31-29-43-27-25-41-13-1-3-15-47(41)57(43)37-45)60(40-74)68(76-62-22-10-6-18-50(62)54-34-36-56-52-20-8-12-24-64(52)78-72(56)70(54)76)66(46-32-30-44-28-26-42-14-2-4-16-48(42)58(44)38-46)67(59)75-61-21-9-5-17-49(61)53-33-35-55-51-19-7-11-23-63(51)77-71(55)69(53)75/h1-38H. The van der Waals surface area contributed by atoms with Gasteiger partial charge in [0.25, 0.3) is 0 Å². The van der Waals surface area contributed by atoms with Crippen LogP contribution in [0.4, 0.5) is 0 Å². The number of hydrogen-bond acceptors (Lipinski definition) is 4. The molecule has 0 saturated carbocycles. The molecular formula is C72H38N4S2. The molecule has 4 nitrogen and oxygen atoms in total. The number of thiophene rings is 2. The van der Waals surface area contributed by atoms with Gasteiger partial charge < -0.3 is 9.13 Å². The number of para-hydroxylation sites is 2. The van der Waals surface area contributed by atoms with E-state index in [4.69, 9.17) is 0 Å². The Kier molecular flexibility index (Phi) is 8.98. The van der Waals surface area contributed by atoms with Gasteiger partial charge in [0.15, 0.2) is 0 Å². The quantitative estimate of drug-likeness (QED) is 0.165. The van der Waals surface area contributed by atoms with Crippen LogP contribution in [-0.2, 0) is 0 Å². The Hall–Kier alpha value is -10.1. The summed E-state index contributed by atoms with van der Waals surface area (Å²) in [6, 6.07) is 88.6. The third kappa shape index (κ3) is 5.85. The number of fused-ring (bicyclic) bond motifs is 20. The summed E-state index contributed by atoms with van der Waals surface area (Å²) in [5.74, 6) is 0. The first kappa shape index (κ1) is 43.2. The van der Waals surface area contributed by atoms with Crippen molar-refractivity contribution in [2.24, 2.45) is 0 Å². The molecule has 0 saturated heterocycles. The predicted molar refractivity (Wildman–Crippen MR) is 331 cm³/mol. The summed E-state index contributed by atoms with van der Waals surface area (Å²) < 4.78 is 9.46. The molecule has 0 radical (unpaired) electrons. The van der Waals surface area contributed by atoms with Gasteiger partial charge in [-0.3, -0.25) is 0 Å². The lowest BCUT2D eigenvalue weighted by molar-refractivity contribution is 1.13. The van der Waals surface area contributed by atoms with E-state index in [2.05, 4.69) is 252 Å². The zero-order chi connectivity index (χ0) is 51.3. The Morgan fingerprint density at radius 3 is 1.12 bits per heavy atom. The Morgan fingerprint density at radius 1 is 0.295 bits per heavy atom. The highest BCUT2D eigenvalue weighted by Crippen LogP contribution is 2.53. The molecule has 0 atom stereocenters. The van der Waals surface area contributed by atoms with Crippen LogP contribution in [-0.4, -0.2) is 9.13 Å². The van der Waals surface area contributed by atoms with E-state index in [9.17, 15) is 10.5 Å². The van der Waals surface area contributed by atoms with Crippen molar-refractivity contribution in [1.29, 1.82) is 10.5 Å². The maximum Gasteiger partial charge on any atom is 0.102 e. The van der Waals surface area contributed by atoms with Crippen LogP contribution < -0.4 is 0 Å². The molecule has 17 aromatic rings. The van der Waals surface area contributed by atoms with Crippen LogP contribution >= 0.6 is 22.7 Å². The monoisotopic (exact) mass is 1020 g/mol. The maximum absolute atomic E-state index is 12.5. The highest BCUT2D eigenvalue weighted by Gasteiger charge is 2.33. The molecule has 0 aliphatic carbocycles. The second-order valence-corrected chi connectivity index (χ2v) is 22.5. The predicted octanol–water partition coefficient (Wildman–Crippen LogP) is 20.3. The minimum absolute atomic E-state index is 0.427. The van der Waals surface area contributed by atoms with E-state index >= 15 is 0 Å². The van der Waals surface area contributed by atoms with Crippen molar-refractivity contribution < 1.29 is 0 Å². The first-order chi connectivity index (χ1) is 38.6. The second kappa shape index (κ2) is 16.2. The van der Waals surface area contributed by atoms with Crippen molar-refractivity contribution in [3.8, 4) is 45.8 Å². The minimum Gasteiger partial charge on any atom is -0.306 e. The Bertz CT molecular complexity index is 5390. The summed E-state index contributed by atoms with van der Waals surface area (Å²) in [5, 5.41) is 43.0. The molecule has 17 rings (SSSR count). The fourth-order valence-corrected chi connectivity index (χ4v) is 15.7. The van der Waals surface area contributed by atoms with Crippen molar-refractivity contribution in [3.63, 3.8) is 0 Å². The molecule has 4 aromatic heterocycles. The molecule has 78 heavy (non-hydrogen) atoms. The molecule has 0 aliphatic rings. The SMILES string of the molecule is N#Cc1c(-c2ccc3ccc4ccccc4c3c2)c(C#N)c(-n2c3ccccc3c3ccc4c5ccccc5sc4c32)c(-c2ccc3ccc4ccccc4c3c2)c1-n1c2ccccc2c2ccc3c4ccccc4sc3c21. The topological polar surface area (TPSA) is 57.4 Å². The average Bonchev–Trinajstić information content (AvgIpc) is 4.44. The van der Waals surface area contributed by atoms with Crippen molar-refractivity contribution in [1.82, 2.24) is 9.13 Å². The van der Waals surface area contributed by atoms with Gasteiger partial charge in [-0.2, -0.15) is 10.5 Å². The first-order valence-corrected chi connectivity index (χ1v) is 27.8. The van der Waals surface area contributed by atoms with Crippen LogP contribution in [0.1, 0.15) is 11.1 Å². The third-order valence-electron chi connectivity index (χ3n) is 16.5. The fraction of sp³-hybridized carbons (Fsp3) is 0. The summed E-state index contributed by atoms with van der Waals surface area (Å²) in [6.45, 7) is 0. The van der Waals surface area contributed by atoms with E-state index < -0.39 is 0 Å². The van der Waals surface area contributed by atoms with E-state index in [0.29, 0.717) is 16.7 Å². The molecule has 0 bridgehead atoms. The molecule has 0 unspecified atom stereocenters. The van der Waals surface area contributed by atoms with Crippen molar-refractivity contribution >= 4 is 150 Å². The van der Waals surface area contributed by atoms with Gasteiger partial charge in [0.05, 0.1) is 54.0 Å². The zero-order valence-electron chi connectivity index (χ0n) is 41.5. The van der Waals surface area contributed by atoms with Gasteiger partial charge in [-0.05, 0) is 90.6 Å². The average molecular weight is 1020 g/mol. The number of nitriles is 2. The first-order valence-electron chi connectivity index (χ1n) is 26.2. The number of aromatic nitrogens is 2. The van der Waals surface area contributed by atoms with E-state index in [0.717, 1.165) is 135 Å². The van der Waals surface area contributed by atoms with E-state index in [1.807, 2.05) is 0 Å². The molecule has 6 heteroatoms. The van der Waals surface area contributed by atoms with Crippen LogP contribution in [0, 0.1) is 22.7 Å². The molecule has 0 spiro atoms. The summed E-state index contributed by atoms with van der Waals surface area (Å²) in [6.07, 6.45) is 0.